The maximum Gasteiger partial charge on any atom is 0.242 e. The van der Waals surface area contributed by atoms with Crippen molar-refractivity contribution in [1.29, 1.82) is 0 Å². The molecule has 3 aliphatic heterocycles. The number of likely N-dealkylation sites (tertiary alicyclic amines) is 2. The van der Waals surface area contributed by atoms with E-state index in [9.17, 15) is 4.79 Å². The largest absolute Gasteiger partial charge is 0.341 e. The molecule has 0 radical (unpaired) electrons. The third-order valence-electron chi connectivity index (χ3n) is 5.47. The van der Waals surface area contributed by atoms with E-state index in [1.54, 1.807) is 0 Å². The van der Waals surface area contributed by atoms with Crippen LogP contribution in [0, 0.1) is 5.92 Å². The third-order valence-corrected chi connectivity index (χ3v) is 5.47. The number of amides is 1. The average Bonchev–Trinajstić information content (AvgIpc) is 2.86. The Labute approximate surface area is 116 Å². The second kappa shape index (κ2) is 5.06. The smallest absolute Gasteiger partial charge is 0.242 e. The number of hydrogen-bond acceptors (Lipinski definition) is 3. The van der Waals surface area contributed by atoms with Crippen LogP contribution in [0.1, 0.15) is 39.0 Å². The van der Waals surface area contributed by atoms with E-state index < -0.39 is 0 Å². The van der Waals surface area contributed by atoms with Crippen molar-refractivity contribution in [3.8, 4) is 0 Å². The molecule has 3 rings (SSSR count). The molecule has 3 heterocycles. The van der Waals surface area contributed by atoms with Gasteiger partial charge in [0, 0.05) is 19.1 Å². The molecule has 0 aromatic carbocycles. The van der Waals surface area contributed by atoms with Crippen molar-refractivity contribution in [3.05, 3.63) is 0 Å². The van der Waals surface area contributed by atoms with E-state index in [0.717, 1.165) is 38.9 Å². The zero-order valence-electron chi connectivity index (χ0n) is 12.3. The van der Waals surface area contributed by atoms with E-state index in [1.807, 2.05) is 0 Å². The molecule has 3 unspecified atom stereocenters. The highest BCUT2D eigenvalue weighted by Crippen LogP contribution is 2.31. The highest BCUT2D eigenvalue weighted by Gasteiger charge is 2.42. The summed E-state index contributed by atoms with van der Waals surface area (Å²) < 4.78 is 0. The Morgan fingerprint density at radius 1 is 1.26 bits per heavy atom. The van der Waals surface area contributed by atoms with Crippen LogP contribution in [0.3, 0.4) is 0 Å². The number of carbonyl (C=O) groups is 1. The number of nitrogens with zero attached hydrogens (tertiary/aromatic N) is 2. The lowest BCUT2D eigenvalue weighted by molar-refractivity contribution is -0.140. The monoisotopic (exact) mass is 265 g/mol. The van der Waals surface area contributed by atoms with E-state index >= 15 is 0 Å². The van der Waals surface area contributed by atoms with Gasteiger partial charge in [-0.25, -0.2) is 0 Å². The van der Waals surface area contributed by atoms with Gasteiger partial charge in [0.25, 0.3) is 0 Å². The Bertz CT molecular complexity index is 351. The normalized spacial score (nSPS) is 40.2. The maximum absolute atomic E-state index is 12.7. The first kappa shape index (κ1) is 13.4. The van der Waals surface area contributed by atoms with Crippen LogP contribution in [-0.2, 0) is 4.79 Å². The second-order valence-electron chi connectivity index (χ2n) is 6.85. The first-order chi connectivity index (χ1) is 9.10. The van der Waals surface area contributed by atoms with Crippen molar-refractivity contribution in [2.45, 2.75) is 50.6 Å². The van der Waals surface area contributed by atoms with E-state index in [2.05, 4.69) is 29.1 Å². The SMILES string of the molecule is CN1CCCC2CN(C(=O)C3(C)CCCN3)CCC21. The molecule has 3 saturated heterocycles. The molecule has 0 aromatic heterocycles. The van der Waals surface area contributed by atoms with Gasteiger partial charge in [0.2, 0.25) is 5.91 Å². The van der Waals surface area contributed by atoms with Crippen LogP contribution < -0.4 is 5.32 Å². The Morgan fingerprint density at radius 2 is 2.11 bits per heavy atom. The van der Waals surface area contributed by atoms with E-state index in [4.69, 9.17) is 0 Å². The van der Waals surface area contributed by atoms with Crippen molar-refractivity contribution in [1.82, 2.24) is 15.1 Å². The van der Waals surface area contributed by atoms with Crippen LogP contribution in [0.5, 0.6) is 0 Å². The minimum atomic E-state index is -0.284. The van der Waals surface area contributed by atoms with Crippen LogP contribution in [0.2, 0.25) is 0 Å². The molecule has 4 heteroatoms. The molecule has 19 heavy (non-hydrogen) atoms. The molecule has 0 spiro atoms. The van der Waals surface area contributed by atoms with Crippen LogP contribution in [0.15, 0.2) is 0 Å². The van der Waals surface area contributed by atoms with Crippen molar-refractivity contribution in [3.63, 3.8) is 0 Å². The summed E-state index contributed by atoms with van der Waals surface area (Å²) in [7, 11) is 2.24. The summed E-state index contributed by atoms with van der Waals surface area (Å²) in [6.07, 6.45) is 5.86. The highest BCUT2D eigenvalue weighted by molar-refractivity contribution is 5.86. The minimum Gasteiger partial charge on any atom is -0.341 e. The summed E-state index contributed by atoms with van der Waals surface area (Å²) in [6.45, 7) is 6.23. The predicted molar refractivity (Wildman–Crippen MR) is 76.0 cm³/mol. The van der Waals surface area contributed by atoms with Gasteiger partial charge in [-0.05, 0) is 65.1 Å². The molecule has 0 saturated carbocycles. The molecular weight excluding hydrogens is 238 g/mol. The molecule has 3 aliphatic rings. The van der Waals surface area contributed by atoms with Crippen molar-refractivity contribution in [2.24, 2.45) is 5.92 Å². The van der Waals surface area contributed by atoms with Crippen molar-refractivity contribution < 1.29 is 4.79 Å². The van der Waals surface area contributed by atoms with Gasteiger partial charge in [-0.15, -0.1) is 0 Å². The van der Waals surface area contributed by atoms with Crippen LogP contribution in [-0.4, -0.2) is 60.5 Å². The zero-order valence-corrected chi connectivity index (χ0v) is 12.3. The Hall–Kier alpha value is -0.610. The third kappa shape index (κ3) is 2.40. The fourth-order valence-corrected chi connectivity index (χ4v) is 4.26. The average molecular weight is 265 g/mol. The molecule has 1 amide bonds. The van der Waals surface area contributed by atoms with E-state index in [0.29, 0.717) is 17.9 Å². The van der Waals surface area contributed by atoms with Gasteiger partial charge in [0.1, 0.15) is 0 Å². The molecular formula is C15H27N3O. The Morgan fingerprint density at radius 3 is 2.84 bits per heavy atom. The quantitative estimate of drug-likeness (QED) is 0.770. The molecule has 0 bridgehead atoms. The van der Waals surface area contributed by atoms with Gasteiger partial charge in [0.05, 0.1) is 5.54 Å². The first-order valence-electron chi connectivity index (χ1n) is 7.85. The Kier molecular flexibility index (Phi) is 3.56. The van der Waals surface area contributed by atoms with Gasteiger partial charge in [0.15, 0.2) is 0 Å². The topological polar surface area (TPSA) is 35.6 Å². The van der Waals surface area contributed by atoms with Crippen molar-refractivity contribution >= 4 is 5.91 Å². The lowest BCUT2D eigenvalue weighted by Crippen LogP contribution is -2.59. The van der Waals surface area contributed by atoms with Gasteiger partial charge in [-0.3, -0.25) is 4.79 Å². The highest BCUT2D eigenvalue weighted by atomic mass is 16.2. The summed E-state index contributed by atoms with van der Waals surface area (Å²) in [5, 5.41) is 3.41. The number of nitrogens with one attached hydrogen (secondary N) is 1. The zero-order chi connectivity index (χ0) is 13.5. The summed E-state index contributed by atoms with van der Waals surface area (Å²) in [4.78, 5) is 17.4. The van der Waals surface area contributed by atoms with E-state index in [1.165, 1.54) is 19.4 Å². The number of carbonyl (C=O) groups excluding carboxylic acids is 1. The molecule has 3 fully saturated rings. The number of hydrogen-bond donors (Lipinski definition) is 1. The first-order valence-corrected chi connectivity index (χ1v) is 7.85. The number of piperidine rings is 2. The second-order valence-corrected chi connectivity index (χ2v) is 6.85. The molecule has 3 atom stereocenters. The fourth-order valence-electron chi connectivity index (χ4n) is 4.26. The standard InChI is InChI=1S/C15H27N3O/c1-15(7-4-8-16-15)14(19)18-10-6-13-12(11-18)5-3-9-17(13)2/h12-13,16H,3-11H2,1-2H3. The molecule has 4 nitrogen and oxygen atoms in total. The van der Waals surface area contributed by atoms with Gasteiger partial charge in [-0.2, -0.15) is 0 Å². The predicted octanol–water partition coefficient (Wildman–Crippen LogP) is 1.07. The van der Waals surface area contributed by atoms with Gasteiger partial charge in [-0.1, -0.05) is 0 Å². The number of rotatable bonds is 1. The molecule has 0 aliphatic carbocycles. The maximum atomic E-state index is 12.7. The summed E-state index contributed by atoms with van der Waals surface area (Å²) in [6, 6.07) is 0.710. The van der Waals surface area contributed by atoms with E-state index in [-0.39, 0.29) is 5.54 Å². The molecule has 108 valence electrons. The lowest BCUT2D eigenvalue weighted by atomic mass is 9.83. The summed E-state index contributed by atoms with van der Waals surface area (Å²) in [5.41, 5.74) is -0.284. The molecule has 0 aromatic rings. The summed E-state index contributed by atoms with van der Waals surface area (Å²) >= 11 is 0. The van der Waals surface area contributed by atoms with Crippen LogP contribution in [0.4, 0.5) is 0 Å². The number of fused-ring (bicyclic) bond motifs is 1. The van der Waals surface area contributed by atoms with Gasteiger partial charge >= 0.3 is 0 Å². The van der Waals surface area contributed by atoms with Crippen LogP contribution in [0.25, 0.3) is 0 Å². The Balaban J connectivity index is 1.66. The van der Waals surface area contributed by atoms with Gasteiger partial charge < -0.3 is 15.1 Å². The summed E-state index contributed by atoms with van der Waals surface area (Å²) in [5.74, 6) is 1.04. The van der Waals surface area contributed by atoms with Crippen LogP contribution >= 0.6 is 0 Å². The fraction of sp³-hybridized carbons (Fsp3) is 0.933. The van der Waals surface area contributed by atoms with Crippen molar-refractivity contribution in [2.75, 3.05) is 33.2 Å². The molecule has 1 N–H and O–H groups in total. The minimum absolute atomic E-state index is 0.284. The lowest BCUT2D eigenvalue weighted by Gasteiger charge is -2.47.